The lowest BCUT2D eigenvalue weighted by atomic mass is 10.1. The number of halogens is 2. The van der Waals surface area contributed by atoms with Gasteiger partial charge < -0.3 is 20.4 Å². The predicted octanol–water partition coefficient (Wildman–Crippen LogP) is 3.54. The topological polar surface area (TPSA) is 42.9 Å². The summed E-state index contributed by atoms with van der Waals surface area (Å²) in [4.78, 5) is 9.23. The fourth-order valence-corrected chi connectivity index (χ4v) is 4.82. The van der Waals surface area contributed by atoms with Crippen LogP contribution in [0.1, 0.15) is 32.3 Å². The Kier molecular flexibility index (Phi) is 10.9. The van der Waals surface area contributed by atoms with E-state index >= 15 is 0 Å². The number of rotatable bonds is 6. The molecule has 0 bridgehead atoms. The van der Waals surface area contributed by atoms with Crippen molar-refractivity contribution in [2.24, 2.45) is 4.99 Å². The second kappa shape index (κ2) is 12.8. The summed E-state index contributed by atoms with van der Waals surface area (Å²) in [5, 5.41) is 6.84. The van der Waals surface area contributed by atoms with E-state index in [9.17, 15) is 4.39 Å². The number of piperazine rings is 1. The summed E-state index contributed by atoms with van der Waals surface area (Å²) < 4.78 is 14.7. The van der Waals surface area contributed by atoms with Crippen molar-refractivity contribution in [3.63, 3.8) is 0 Å². The van der Waals surface area contributed by atoms with Crippen LogP contribution in [0, 0.1) is 5.82 Å². The molecule has 8 heteroatoms. The minimum atomic E-state index is -0.140. The van der Waals surface area contributed by atoms with Gasteiger partial charge in [0.2, 0.25) is 0 Å². The Morgan fingerprint density at radius 1 is 1.24 bits per heavy atom. The zero-order valence-corrected chi connectivity index (χ0v) is 20.8. The molecule has 3 rings (SSSR count). The van der Waals surface area contributed by atoms with E-state index in [2.05, 4.69) is 39.3 Å². The van der Waals surface area contributed by atoms with E-state index in [1.165, 1.54) is 18.6 Å². The number of aliphatic imine (C=N–C) groups is 1. The molecule has 0 aromatic heterocycles. The maximum absolute atomic E-state index is 14.7. The van der Waals surface area contributed by atoms with Gasteiger partial charge in [0.1, 0.15) is 5.82 Å². The van der Waals surface area contributed by atoms with Crippen LogP contribution in [-0.4, -0.2) is 67.7 Å². The first-order valence-corrected chi connectivity index (χ1v) is 11.7. The number of nitrogens with one attached hydrogen (secondary N) is 2. The zero-order valence-electron chi connectivity index (χ0n) is 17.6. The highest BCUT2D eigenvalue weighted by atomic mass is 127. The first kappa shape index (κ1) is 24.5. The molecule has 2 fully saturated rings. The third kappa shape index (κ3) is 7.47. The molecule has 2 saturated heterocycles. The van der Waals surface area contributed by atoms with Gasteiger partial charge in [-0.1, -0.05) is 13.0 Å². The SMILES string of the molecule is CCNC(=NCc1ccc(N2CCN(CC)CC2)c(F)c1)NC1CCCSC1.I. The average molecular weight is 536 g/mol. The van der Waals surface area contributed by atoms with Gasteiger partial charge in [0.15, 0.2) is 5.96 Å². The molecule has 0 saturated carbocycles. The Balaban J connectivity index is 0.00000300. The minimum Gasteiger partial charge on any atom is -0.367 e. The Hall–Kier alpha value is -0.740. The lowest BCUT2D eigenvalue weighted by molar-refractivity contribution is 0.270. The van der Waals surface area contributed by atoms with Gasteiger partial charge in [0, 0.05) is 44.5 Å². The van der Waals surface area contributed by atoms with Crippen LogP contribution in [0.2, 0.25) is 0 Å². The van der Waals surface area contributed by atoms with Gasteiger partial charge in [-0.05, 0) is 49.8 Å². The van der Waals surface area contributed by atoms with Crippen LogP contribution in [0.3, 0.4) is 0 Å². The molecule has 164 valence electrons. The molecular weight excluding hydrogens is 500 g/mol. The molecule has 0 spiro atoms. The average Bonchev–Trinajstić information content (AvgIpc) is 2.73. The summed E-state index contributed by atoms with van der Waals surface area (Å²) in [5.74, 6) is 3.07. The van der Waals surface area contributed by atoms with Crippen LogP contribution in [0.5, 0.6) is 0 Å². The van der Waals surface area contributed by atoms with Crippen LogP contribution in [0.4, 0.5) is 10.1 Å². The molecule has 1 aromatic rings. The summed E-state index contributed by atoms with van der Waals surface area (Å²) in [5.41, 5.74) is 1.62. The maximum atomic E-state index is 14.7. The number of benzene rings is 1. The van der Waals surface area contributed by atoms with E-state index in [1.54, 1.807) is 6.07 Å². The van der Waals surface area contributed by atoms with Crippen LogP contribution in [0.15, 0.2) is 23.2 Å². The molecule has 5 nitrogen and oxygen atoms in total. The molecular formula is C21H35FIN5S. The summed E-state index contributed by atoms with van der Waals surface area (Å²) >= 11 is 1.99. The Morgan fingerprint density at radius 2 is 2.03 bits per heavy atom. The normalized spacial score (nSPS) is 20.9. The highest BCUT2D eigenvalue weighted by Gasteiger charge is 2.19. The van der Waals surface area contributed by atoms with E-state index in [-0.39, 0.29) is 29.8 Å². The monoisotopic (exact) mass is 535 g/mol. The van der Waals surface area contributed by atoms with Gasteiger partial charge in [-0.25, -0.2) is 9.38 Å². The lowest BCUT2D eigenvalue weighted by Crippen LogP contribution is -2.46. The number of nitrogens with zero attached hydrogens (tertiary/aromatic N) is 3. The number of thioether (sulfide) groups is 1. The second-order valence-corrected chi connectivity index (χ2v) is 8.61. The molecule has 0 radical (unpaired) electrons. The molecule has 29 heavy (non-hydrogen) atoms. The van der Waals surface area contributed by atoms with Crippen molar-refractivity contribution in [2.45, 2.75) is 39.3 Å². The van der Waals surface area contributed by atoms with Crippen molar-refractivity contribution in [1.29, 1.82) is 0 Å². The van der Waals surface area contributed by atoms with Crippen LogP contribution < -0.4 is 15.5 Å². The van der Waals surface area contributed by atoms with Crippen molar-refractivity contribution >= 4 is 47.4 Å². The molecule has 2 heterocycles. The van der Waals surface area contributed by atoms with Gasteiger partial charge in [-0.2, -0.15) is 11.8 Å². The lowest BCUT2D eigenvalue weighted by Gasteiger charge is -2.35. The Morgan fingerprint density at radius 3 is 2.66 bits per heavy atom. The van der Waals surface area contributed by atoms with Crippen molar-refractivity contribution in [2.75, 3.05) is 55.7 Å². The molecule has 1 aromatic carbocycles. The van der Waals surface area contributed by atoms with Crippen LogP contribution in [0.25, 0.3) is 0 Å². The van der Waals surface area contributed by atoms with E-state index in [0.29, 0.717) is 18.3 Å². The number of hydrogen-bond donors (Lipinski definition) is 2. The fraction of sp³-hybridized carbons (Fsp3) is 0.667. The summed E-state index contributed by atoms with van der Waals surface area (Å²) in [7, 11) is 0. The second-order valence-electron chi connectivity index (χ2n) is 7.46. The smallest absolute Gasteiger partial charge is 0.191 e. The number of guanidine groups is 1. The van der Waals surface area contributed by atoms with Crippen molar-refractivity contribution in [3.8, 4) is 0 Å². The third-order valence-electron chi connectivity index (χ3n) is 5.44. The Labute approximate surface area is 196 Å². The molecule has 2 aliphatic heterocycles. The summed E-state index contributed by atoms with van der Waals surface area (Å²) in [6.07, 6.45) is 2.44. The zero-order chi connectivity index (χ0) is 19.8. The van der Waals surface area contributed by atoms with Gasteiger partial charge >= 0.3 is 0 Å². The van der Waals surface area contributed by atoms with Gasteiger partial charge in [0.25, 0.3) is 0 Å². The quantitative estimate of drug-likeness (QED) is 0.332. The highest BCUT2D eigenvalue weighted by Crippen LogP contribution is 2.22. The van der Waals surface area contributed by atoms with E-state index < -0.39 is 0 Å². The summed E-state index contributed by atoms with van der Waals surface area (Å²) in [6.45, 7) is 10.4. The molecule has 1 atom stereocenters. The van der Waals surface area contributed by atoms with E-state index in [0.717, 1.165) is 56.5 Å². The largest absolute Gasteiger partial charge is 0.367 e. The van der Waals surface area contributed by atoms with Crippen molar-refractivity contribution < 1.29 is 4.39 Å². The summed E-state index contributed by atoms with van der Waals surface area (Å²) in [6, 6.07) is 6.04. The maximum Gasteiger partial charge on any atom is 0.191 e. The van der Waals surface area contributed by atoms with E-state index in [1.807, 2.05) is 23.9 Å². The number of anilines is 1. The van der Waals surface area contributed by atoms with Crippen molar-refractivity contribution in [1.82, 2.24) is 15.5 Å². The Bertz CT molecular complexity index is 646. The molecule has 2 N–H and O–H groups in total. The molecule has 0 aliphatic carbocycles. The first-order chi connectivity index (χ1) is 13.7. The molecule has 1 unspecified atom stereocenters. The predicted molar refractivity (Wildman–Crippen MR) is 134 cm³/mol. The third-order valence-corrected chi connectivity index (χ3v) is 6.65. The van der Waals surface area contributed by atoms with Gasteiger partial charge in [0.05, 0.1) is 12.2 Å². The van der Waals surface area contributed by atoms with E-state index in [4.69, 9.17) is 0 Å². The minimum absolute atomic E-state index is 0. The van der Waals surface area contributed by atoms with Crippen LogP contribution in [-0.2, 0) is 6.54 Å². The molecule has 0 amide bonds. The fourth-order valence-electron chi connectivity index (χ4n) is 3.75. The molecule has 2 aliphatic rings. The van der Waals surface area contributed by atoms with Crippen molar-refractivity contribution in [3.05, 3.63) is 29.6 Å². The first-order valence-electron chi connectivity index (χ1n) is 10.6. The standard InChI is InChI=1S/C21H34FN5S.HI/c1-3-23-21(25-18-6-5-13-28-16-18)24-15-17-7-8-20(19(22)14-17)27-11-9-26(4-2)10-12-27;/h7-8,14,18H,3-6,9-13,15-16H2,1-2H3,(H2,23,24,25);1H. The number of hydrogen-bond acceptors (Lipinski definition) is 4. The number of likely N-dealkylation sites (N-methyl/N-ethyl adjacent to an activating group) is 1. The van der Waals surface area contributed by atoms with Gasteiger partial charge in [-0.3, -0.25) is 0 Å². The van der Waals surface area contributed by atoms with Gasteiger partial charge in [-0.15, -0.1) is 24.0 Å². The van der Waals surface area contributed by atoms with Crippen LogP contribution >= 0.6 is 35.7 Å². The highest BCUT2D eigenvalue weighted by molar-refractivity contribution is 14.0.